The fraction of sp³-hybridized carbons (Fsp3) is 0.300. The molecule has 0 saturated carbocycles. The lowest BCUT2D eigenvalue weighted by atomic mass is 10.3. The zero-order chi connectivity index (χ0) is 9.42. The summed E-state index contributed by atoms with van der Waals surface area (Å²) in [4.78, 5) is 0. The Labute approximate surface area is 82.1 Å². The zero-order valence-electron chi connectivity index (χ0n) is 7.66. The smallest absolute Gasteiger partial charge is 0.135 e. The molecule has 0 aliphatic carbocycles. The molecule has 0 bridgehead atoms. The van der Waals surface area contributed by atoms with Crippen molar-refractivity contribution in [2.24, 2.45) is 0 Å². The summed E-state index contributed by atoms with van der Waals surface area (Å²) >= 11 is 6.15. The largest absolute Gasteiger partial charge is 0.250 e. The topological polar surface area (TPSA) is 17.8 Å². The van der Waals surface area contributed by atoms with Gasteiger partial charge in [-0.3, -0.25) is 4.68 Å². The van der Waals surface area contributed by atoms with Crippen molar-refractivity contribution in [3.05, 3.63) is 29.4 Å². The van der Waals surface area contributed by atoms with Crippen LogP contribution >= 0.6 is 11.6 Å². The molecule has 0 amide bonds. The summed E-state index contributed by atoms with van der Waals surface area (Å²) in [7, 11) is 0. The van der Waals surface area contributed by atoms with E-state index in [1.54, 1.807) is 0 Å². The Kier molecular flexibility index (Phi) is 2.00. The minimum Gasteiger partial charge on any atom is -0.250 e. The molecule has 2 rings (SSSR count). The quantitative estimate of drug-likeness (QED) is 0.682. The molecule has 68 valence electrons. The fourth-order valence-corrected chi connectivity index (χ4v) is 1.75. The maximum absolute atomic E-state index is 6.15. The van der Waals surface area contributed by atoms with Crippen molar-refractivity contribution < 1.29 is 0 Å². The van der Waals surface area contributed by atoms with Crippen LogP contribution in [0.1, 0.15) is 19.9 Å². The fourth-order valence-electron chi connectivity index (χ4n) is 1.36. The Bertz CT molecular complexity index is 431. The molecule has 3 heteroatoms. The summed E-state index contributed by atoms with van der Waals surface area (Å²) in [6.07, 6.45) is 0. The summed E-state index contributed by atoms with van der Waals surface area (Å²) in [6, 6.07) is 8.21. The van der Waals surface area contributed by atoms with Gasteiger partial charge in [-0.25, -0.2) is 0 Å². The van der Waals surface area contributed by atoms with Crippen LogP contribution in [0.3, 0.4) is 0 Å². The number of rotatable bonds is 1. The van der Waals surface area contributed by atoms with E-state index in [0.717, 1.165) is 16.1 Å². The van der Waals surface area contributed by atoms with E-state index in [9.17, 15) is 0 Å². The third kappa shape index (κ3) is 1.31. The number of aromatic nitrogens is 2. The molecule has 1 heterocycles. The van der Waals surface area contributed by atoms with Crippen LogP contribution < -0.4 is 0 Å². The van der Waals surface area contributed by atoms with Gasteiger partial charge in [0.25, 0.3) is 0 Å². The molecule has 0 atom stereocenters. The standard InChI is InChI=1S/C10H11ClN2/c1-7(2)13-10(11)8-5-3-4-6-9(8)12-13/h3-7H,1-2H3. The molecule has 0 spiro atoms. The summed E-state index contributed by atoms with van der Waals surface area (Å²) in [5.41, 5.74) is 0.959. The van der Waals surface area contributed by atoms with Crippen molar-refractivity contribution in [1.82, 2.24) is 9.78 Å². The van der Waals surface area contributed by atoms with Crippen LogP contribution in [0.15, 0.2) is 24.3 Å². The highest BCUT2D eigenvalue weighted by atomic mass is 35.5. The molecule has 0 aliphatic rings. The summed E-state index contributed by atoms with van der Waals surface area (Å²) in [6.45, 7) is 4.13. The molecule has 0 aliphatic heterocycles. The van der Waals surface area contributed by atoms with E-state index >= 15 is 0 Å². The van der Waals surface area contributed by atoms with E-state index in [1.165, 1.54) is 0 Å². The molecule has 1 aromatic heterocycles. The number of hydrogen-bond acceptors (Lipinski definition) is 1. The number of hydrogen-bond donors (Lipinski definition) is 0. The van der Waals surface area contributed by atoms with Crippen molar-refractivity contribution in [1.29, 1.82) is 0 Å². The monoisotopic (exact) mass is 194 g/mol. The first kappa shape index (κ1) is 8.57. The second-order valence-electron chi connectivity index (χ2n) is 3.35. The van der Waals surface area contributed by atoms with Gasteiger partial charge in [-0.1, -0.05) is 23.7 Å². The average molecular weight is 195 g/mol. The second kappa shape index (κ2) is 3.04. The first-order valence-electron chi connectivity index (χ1n) is 4.33. The van der Waals surface area contributed by atoms with Crippen LogP contribution in [0.25, 0.3) is 10.9 Å². The van der Waals surface area contributed by atoms with Crippen LogP contribution in [-0.4, -0.2) is 9.78 Å². The van der Waals surface area contributed by atoms with Gasteiger partial charge in [0.15, 0.2) is 0 Å². The van der Waals surface area contributed by atoms with E-state index in [-0.39, 0.29) is 0 Å². The molecule has 0 fully saturated rings. The molecule has 0 unspecified atom stereocenters. The van der Waals surface area contributed by atoms with Gasteiger partial charge in [0, 0.05) is 11.4 Å². The highest BCUT2D eigenvalue weighted by molar-refractivity contribution is 6.34. The lowest BCUT2D eigenvalue weighted by Crippen LogP contribution is -2.01. The van der Waals surface area contributed by atoms with Crippen molar-refractivity contribution in [2.45, 2.75) is 19.9 Å². The Morgan fingerprint density at radius 1 is 1.31 bits per heavy atom. The number of fused-ring (bicyclic) bond motifs is 1. The third-order valence-corrected chi connectivity index (χ3v) is 2.41. The van der Waals surface area contributed by atoms with Crippen LogP contribution in [-0.2, 0) is 0 Å². The Morgan fingerprint density at radius 3 is 2.62 bits per heavy atom. The van der Waals surface area contributed by atoms with Gasteiger partial charge in [-0.2, -0.15) is 5.10 Å². The van der Waals surface area contributed by atoms with Gasteiger partial charge >= 0.3 is 0 Å². The van der Waals surface area contributed by atoms with E-state index in [4.69, 9.17) is 11.6 Å². The minimum absolute atomic E-state index is 0.305. The molecular weight excluding hydrogens is 184 g/mol. The van der Waals surface area contributed by atoms with Gasteiger partial charge in [0.05, 0.1) is 5.52 Å². The first-order valence-corrected chi connectivity index (χ1v) is 4.70. The lowest BCUT2D eigenvalue weighted by Gasteiger charge is -2.05. The molecule has 2 aromatic rings. The maximum atomic E-state index is 6.15. The summed E-state index contributed by atoms with van der Waals surface area (Å²) in [5, 5.41) is 6.15. The second-order valence-corrected chi connectivity index (χ2v) is 3.70. The molecule has 0 N–H and O–H groups in total. The van der Waals surface area contributed by atoms with E-state index in [0.29, 0.717) is 6.04 Å². The lowest BCUT2D eigenvalue weighted by molar-refractivity contribution is 0.538. The van der Waals surface area contributed by atoms with Crippen LogP contribution in [0.5, 0.6) is 0 Å². The predicted molar refractivity (Wildman–Crippen MR) is 55.1 cm³/mol. The van der Waals surface area contributed by atoms with Crippen LogP contribution in [0.2, 0.25) is 5.15 Å². The average Bonchev–Trinajstić information content (AvgIpc) is 2.45. The normalized spacial score (nSPS) is 11.4. The zero-order valence-corrected chi connectivity index (χ0v) is 8.42. The van der Waals surface area contributed by atoms with Gasteiger partial charge in [0.2, 0.25) is 0 Å². The third-order valence-electron chi connectivity index (χ3n) is 2.03. The Morgan fingerprint density at radius 2 is 2.00 bits per heavy atom. The van der Waals surface area contributed by atoms with E-state index in [1.807, 2.05) is 28.9 Å². The molecule has 13 heavy (non-hydrogen) atoms. The first-order chi connectivity index (χ1) is 6.20. The molecule has 0 radical (unpaired) electrons. The van der Waals surface area contributed by atoms with Crippen LogP contribution in [0, 0.1) is 0 Å². The number of benzene rings is 1. The highest BCUT2D eigenvalue weighted by Gasteiger charge is 2.09. The van der Waals surface area contributed by atoms with Crippen molar-refractivity contribution in [2.75, 3.05) is 0 Å². The number of nitrogens with zero attached hydrogens (tertiary/aromatic N) is 2. The van der Waals surface area contributed by atoms with Crippen molar-refractivity contribution in [3.8, 4) is 0 Å². The Balaban J connectivity index is 2.74. The van der Waals surface area contributed by atoms with Gasteiger partial charge in [-0.05, 0) is 26.0 Å². The number of halogens is 1. The summed E-state index contributed by atoms with van der Waals surface area (Å²) in [5.74, 6) is 0. The van der Waals surface area contributed by atoms with Gasteiger partial charge in [-0.15, -0.1) is 0 Å². The SMILES string of the molecule is CC(C)n1nc2ccccc2c1Cl. The van der Waals surface area contributed by atoms with Crippen LogP contribution in [0.4, 0.5) is 0 Å². The molecule has 2 nitrogen and oxygen atoms in total. The molecule has 1 aromatic carbocycles. The maximum Gasteiger partial charge on any atom is 0.135 e. The molecular formula is C10H11ClN2. The minimum atomic E-state index is 0.305. The highest BCUT2D eigenvalue weighted by Crippen LogP contribution is 2.25. The Hall–Kier alpha value is -1.02. The van der Waals surface area contributed by atoms with Crippen molar-refractivity contribution in [3.63, 3.8) is 0 Å². The van der Waals surface area contributed by atoms with Gasteiger partial charge in [0.1, 0.15) is 5.15 Å². The predicted octanol–water partition coefficient (Wildman–Crippen LogP) is 3.27. The van der Waals surface area contributed by atoms with E-state index in [2.05, 4.69) is 18.9 Å². The van der Waals surface area contributed by atoms with Gasteiger partial charge < -0.3 is 0 Å². The van der Waals surface area contributed by atoms with Crippen molar-refractivity contribution >= 4 is 22.5 Å². The molecule has 0 saturated heterocycles. The van der Waals surface area contributed by atoms with E-state index < -0.39 is 0 Å². The summed E-state index contributed by atoms with van der Waals surface area (Å²) < 4.78 is 1.84.